The van der Waals surface area contributed by atoms with Crippen LogP contribution in [0.15, 0.2) is 18.2 Å². The van der Waals surface area contributed by atoms with Gasteiger partial charge >= 0.3 is 0 Å². The third-order valence-electron chi connectivity index (χ3n) is 5.72. The number of amides is 2. The van der Waals surface area contributed by atoms with Gasteiger partial charge in [-0.3, -0.25) is 9.59 Å². The van der Waals surface area contributed by atoms with Crippen molar-refractivity contribution in [3.63, 3.8) is 0 Å². The Balaban J connectivity index is 1.74. The van der Waals surface area contributed by atoms with Gasteiger partial charge in [-0.25, -0.2) is 0 Å². The highest BCUT2D eigenvalue weighted by Gasteiger charge is 2.62. The van der Waals surface area contributed by atoms with Gasteiger partial charge in [-0.05, 0) is 43.5 Å². The van der Waals surface area contributed by atoms with E-state index in [0.29, 0.717) is 25.1 Å². The first kappa shape index (κ1) is 17.9. The molecule has 1 aliphatic heterocycles. The van der Waals surface area contributed by atoms with Gasteiger partial charge in [0.05, 0.1) is 6.10 Å². The third-order valence-corrected chi connectivity index (χ3v) is 5.72. The standard InChI is InChI=1S/C19H27N3O3/c1-4-25-15-11-19(20,18(15,2)3)17(24)21-13-8-9-14-12(10-13)6-5-7-16(23)22-14/h8-10,15H,4-7,11,20H2,1-3H3,(H,21,24)(H,22,23). The number of hydrogen-bond acceptors (Lipinski definition) is 4. The first-order valence-electron chi connectivity index (χ1n) is 8.92. The van der Waals surface area contributed by atoms with Gasteiger partial charge in [0, 0.05) is 36.2 Å². The van der Waals surface area contributed by atoms with Crippen molar-refractivity contribution in [3.8, 4) is 0 Å². The van der Waals surface area contributed by atoms with E-state index < -0.39 is 11.0 Å². The summed E-state index contributed by atoms with van der Waals surface area (Å²) in [5.74, 6) is -0.152. The summed E-state index contributed by atoms with van der Waals surface area (Å²) < 4.78 is 5.69. The number of nitrogens with one attached hydrogen (secondary N) is 2. The number of carbonyl (C=O) groups is 2. The highest BCUT2D eigenvalue weighted by molar-refractivity contribution is 6.00. The van der Waals surface area contributed by atoms with Crippen LogP contribution in [0.1, 0.15) is 45.6 Å². The lowest BCUT2D eigenvalue weighted by Crippen LogP contribution is -2.74. The molecule has 0 aromatic heterocycles. The minimum Gasteiger partial charge on any atom is -0.378 e. The van der Waals surface area contributed by atoms with Crippen molar-refractivity contribution >= 4 is 23.2 Å². The SMILES string of the molecule is CCOC1CC(N)(C(=O)Nc2ccc3c(c2)CCCC(=O)N3)C1(C)C. The molecule has 25 heavy (non-hydrogen) atoms. The second-order valence-corrected chi connectivity index (χ2v) is 7.57. The van der Waals surface area contributed by atoms with Gasteiger partial charge < -0.3 is 21.1 Å². The van der Waals surface area contributed by atoms with Crippen LogP contribution >= 0.6 is 0 Å². The molecule has 6 heteroatoms. The molecule has 0 radical (unpaired) electrons. The van der Waals surface area contributed by atoms with Gasteiger partial charge in [0.2, 0.25) is 11.8 Å². The number of ether oxygens (including phenoxy) is 1. The van der Waals surface area contributed by atoms with Gasteiger partial charge in [-0.15, -0.1) is 0 Å². The number of nitrogens with two attached hydrogens (primary N) is 1. The van der Waals surface area contributed by atoms with E-state index in [-0.39, 0.29) is 17.9 Å². The zero-order valence-corrected chi connectivity index (χ0v) is 15.1. The molecule has 0 spiro atoms. The van der Waals surface area contributed by atoms with Crippen molar-refractivity contribution in [3.05, 3.63) is 23.8 Å². The third kappa shape index (κ3) is 3.04. The molecule has 136 valence electrons. The fraction of sp³-hybridized carbons (Fsp3) is 0.579. The molecule has 6 nitrogen and oxygen atoms in total. The summed E-state index contributed by atoms with van der Waals surface area (Å²) in [6, 6.07) is 5.57. The maximum absolute atomic E-state index is 12.8. The molecule has 1 aliphatic carbocycles. The van der Waals surface area contributed by atoms with Crippen LogP contribution < -0.4 is 16.4 Å². The Morgan fingerprint density at radius 1 is 1.40 bits per heavy atom. The lowest BCUT2D eigenvalue weighted by molar-refractivity contribution is -0.166. The molecular formula is C19H27N3O3. The maximum Gasteiger partial charge on any atom is 0.245 e. The minimum absolute atomic E-state index is 0.00416. The normalized spacial score (nSPS) is 27.5. The molecule has 2 aliphatic rings. The van der Waals surface area contributed by atoms with Crippen molar-refractivity contribution in [1.29, 1.82) is 0 Å². The van der Waals surface area contributed by atoms with E-state index in [9.17, 15) is 9.59 Å². The molecule has 4 N–H and O–H groups in total. The van der Waals surface area contributed by atoms with Crippen LogP contribution in [0.5, 0.6) is 0 Å². The lowest BCUT2D eigenvalue weighted by Gasteiger charge is -2.57. The van der Waals surface area contributed by atoms with E-state index in [2.05, 4.69) is 10.6 Å². The highest BCUT2D eigenvalue weighted by atomic mass is 16.5. The highest BCUT2D eigenvalue weighted by Crippen LogP contribution is 2.50. The van der Waals surface area contributed by atoms with Crippen LogP contribution in [-0.4, -0.2) is 30.1 Å². The molecule has 1 aromatic rings. The Hall–Kier alpha value is -1.92. The van der Waals surface area contributed by atoms with Crippen LogP contribution in [0.25, 0.3) is 0 Å². The predicted molar refractivity (Wildman–Crippen MR) is 97.4 cm³/mol. The van der Waals surface area contributed by atoms with E-state index >= 15 is 0 Å². The van der Waals surface area contributed by atoms with E-state index in [1.807, 2.05) is 32.9 Å². The number of hydrogen-bond donors (Lipinski definition) is 3. The zero-order chi connectivity index (χ0) is 18.2. The molecule has 1 aromatic carbocycles. The molecule has 2 amide bonds. The topological polar surface area (TPSA) is 93.4 Å². The van der Waals surface area contributed by atoms with Gasteiger partial charge in [0.1, 0.15) is 5.54 Å². The van der Waals surface area contributed by atoms with E-state index in [4.69, 9.17) is 10.5 Å². The van der Waals surface area contributed by atoms with E-state index in [0.717, 1.165) is 24.1 Å². The molecular weight excluding hydrogens is 318 g/mol. The number of fused-ring (bicyclic) bond motifs is 1. The summed E-state index contributed by atoms with van der Waals surface area (Å²) in [5.41, 5.74) is 7.62. The predicted octanol–water partition coefficient (Wildman–Crippen LogP) is 2.43. The Labute approximate surface area is 148 Å². The Bertz CT molecular complexity index is 701. The molecule has 1 fully saturated rings. The fourth-order valence-electron chi connectivity index (χ4n) is 3.72. The van der Waals surface area contributed by atoms with Gasteiger partial charge in [0.25, 0.3) is 0 Å². The van der Waals surface area contributed by atoms with Gasteiger partial charge in [-0.1, -0.05) is 13.8 Å². The monoisotopic (exact) mass is 345 g/mol. The Morgan fingerprint density at radius 2 is 2.16 bits per heavy atom. The number of anilines is 2. The lowest BCUT2D eigenvalue weighted by atomic mass is 9.54. The number of aryl methyl sites for hydroxylation is 1. The molecule has 0 bridgehead atoms. The van der Waals surface area contributed by atoms with Crippen LogP contribution in [0.4, 0.5) is 11.4 Å². The van der Waals surface area contributed by atoms with Crippen LogP contribution in [0, 0.1) is 5.41 Å². The maximum atomic E-state index is 12.8. The van der Waals surface area contributed by atoms with E-state index in [1.165, 1.54) is 0 Å². The summed E-state index contributed by atoms with van der Waals surface area (Å²) in [4.78, 5) is 24.4. The summed E-state index contributed by atoms with van der Waals surface area (Å²) >= 11 is 0. The minimum atomic E-state index is -0.951. The van der Waals surface area contributed by atoms with Crippen molar-refractivity contribution in [1.82, 2.24) is 0 Å². The van der Waals surface area contributed by atoms with Crippen molar-refractivity contribution < 1.29 is 14.3 Å². The van der Waals surface area contributed by atoms with E-state index in [1.54, 1.807) is 6.07 Å². The summed E-state index contributed by atoms with van der Waals surface area (Å²) in [6.07, 6.45) is 2.65. The summed E-state index contributed by atoms with van der Waals surface area (Å²) in [6.45, 7) is 6.51. The molecule has 2 unspecified atom stereocenters. The molecule has 2 atom stereocenters. The zero-order valence-electron chi connectivity index (χ0n) is 15.1. The fourth-order valence-corrected chi connectivity index (χ4v) is 3.72. The average molecular weight is 345 g/mol. The summed E-state index contributed by atoms with van der Waals surface area (Å²) in [5, 5.41) is 5.85. The quantitative estimate of drug-likeness (QED) is 0.781. The Morgan fingerprint density at radius 3 is 2.84 bits per heavy atom. The van der Waals surface area contributed by atoms with Gasteiger partial charge in [-0.2, -0.15) is 0 Å². The second-order valence-electron chi connectivity index (χ2n) is 7.57. The average Bonchev–Trinajstić information content (AvgIpc) is 2.74. The molecule has 1 heterocycles. The first-order valence-corrected chi connectivity index (χ1v) is 8.92. The van der Waals surface area contributed by atoms with Gasteiger partial charge in [0.15, 0.2) is 0 Å². The number of carbonyl (C=O) groups excluding carboxylic acids is 2. The van der Waals surface area contributed by atoms with Crippen molar-refractivity contribution in [2.24, 2.45) is 11.1 Å². The van der Waals surface area contributed by atoms with Crippen LogP contribution in [0.3, 0.4) is 0 Å². The largest absolute Gasteiger partial charge is 0.378 e. The molecule has 1 saturated carbocycles. The molecule has 0 saturated heterocycles. The Kier molecular flexibility index (Phi) is 4.60. The second kappa shape index (κ2) is 6.42. The van der Waals surface area contributed by atoms with Crippen molar-refractivity contribution in [2.45, 2.75) is 58.1 Å². The number of benzene rings is 1. The van der Waals surface area contributed by atoms with Crippen LogP contribution in [-0.2, 0) is 20.7 Å². The van der Waals surface area contributed by atoms with Crippen LogP contribution in [0.2, 0.25) is 0 Å². The summed E-state index contributed by atoms with van der Waals surface area (Å²) in [7, 11) is 0. The first-order chi connectivity index (χ1) is 11.8. The molecule has 3 rings (SSSR count). The van der Waals surface area contributed by atoms with Crippen molar-refractivity contribution in [2.75, 3.05) is 17.2 Å². The number of rotatable bonds is 4. The smallest absolute Gasteiger partial charge is 0.245 e.